The molecule has 106 valence electrons. The number of anilines is 1. The van der Waals surface area contributed by atoms with Crippen molar-refractivity contribution in [1.29, 1.82) is 0 Å². The Morgan fingerprint density at radius 1 is 1.25 bits per heavy atom. The number of nitrogens with zero attached hydrogens (tertiary/aromatic N) is 1. The number of carbonyl (C=O) groups excluding carboxylic acids is 3. The minimum absolute atomic E-state index is 0.0659. The molecule has 0 spiro atoms. The van der Waals surface area contributed by atoms with Crippen LogP contribution in [0.4, 0.5) is 5.69 Å². The maximum absolute atomic E-state index is 12.0. The van der Waals surface area contributed by atoms with Gasteiger partial charge in [0.15, 0.2) is 0 Å². The summed E-state index contributed by atoms with van der Waals surface area (Å²) in [5, 5.41) is 2.54. The smallest absolute Gasteiger partial charge is 0.299 e. The van der Waals surface area contributed by atoms with E-state index in [9.17, 15) is 14.4 Å². The monoisotopic (exact) mass is 274 g/mol. The molecule has 0 bridgehead atoms. The molecular formula is C15H18N2O3. The summed E-state index contributed by atoms with van der Waals surface area (Å²) in [7, 11) is 1.58. The highest BCUT2D eigenvalue weighted by Gasteiger charge is 2.36. The van der Waals surface area contributed by atoms with E-state index >= 15 is 0 Å². The molecule has 0 aromatic heterocycles. The number of rotatable bonds is 4. The maximum atomic E-state index is 12.0. The number of nitrogens with one attached hydrogen (secondary N) is 1. The Morgan fingerprint density at radius 3 is 2.60 bits per heavy atom. The number of amides is 2. The van der Waals surface area contributed by atoms with Crippen LogP contribution in [0.3, 0.4) is 0 Å². The minimum atomic E-state index is -0.495. The van der Waals surface area contributed by atoms with Crippen LogP contribution in [0.1, 0.15) is 34.3 Å². The Balaban J connectivity index is 2.22. The molecule has 5 nitrogen and oxygen atoms in total. The molecule has 1 aromatic rings. The van der Waals surface area contributed by atoms with Gasteiger partial charge in [0.2, 0.25) is 5.91 Å². The molecule has 0 saturated carbocycles. The SMILES string of the molecule is CNC(=O)CCCN1C(=O)C(=O)c2cc(C)cc(C)c21. The molecule has 1 heterocycles. The van der Waals surface area contributed by atoms with E-state index in [1.165, 1.54) is 4.90 Å². The number of fused-ring (bicyclic) bond motifs is 1. The Hall–Kier alpha value is -2.17. The van der Waals surface area contributed by atoms with Crippen molar-refractivity contribution in [2.24, 2.45) is 0 Å². The molecule has 2 amide bonds. The molecule has 0 unspecified atom stereocenters. The predicted molar refractivity (Wildman–Crippen MR) is 75.9 cm³/mol. The Bertz CT molecular complexity index is 593. The van der Waals surface area contributed by atoms with Gasteiger partial charge in [0.1, 0.15) is 0 Å². The molecule has 0 fully saturated rings. The Morgan fingerprint density at radius 2 is 1.95 bits per heavy atom. The molecule has 20 heavy (non-hydrogen) atoms. The van der Waals surface area contributed by atoms with Crippen molar-refractivity contribution in [2.45, 2.75) is 26.7 Å². The van der Waals surface area contributed by atoms with Crippen LogP contribution in [0.2, 0.25) is 0 Å². The lowest BCUT2D eigenvalue weighted by Crippen LogP contribution is -2.31. The van der Waals surface area contributed by atoms with Gasteiger partial charge in [0.05, 0.1) is 11.3 Å². The highest BCUT2D eigenvalue weighted by molar-refractivity contribution is 6.52. The maximum Gasteiger partial charge on any atom is 0.299 e. The lowest BCUT2D eigenvalue weighted by atomic mass is 10.0. The fraction of sp³-hybridized carbons (Fsp3) is 0.400. The number of Topliss-reactive ketones (excluding diaryl/α,β-unsaturated/α-hetero) is 1. The van der Waals surface area contributed by atoms with Crippen LogP contribution in [0.25, 0.3) is 0 Å². The molecule has 0 atom stereocenters. The molecule has 0 saturated heterocycles. The quantitative estimate of drug-likeness (QED) is 0.843. The van der Waals surface area contributed by atoms with Crippen LogP contribution in [0.15, 0.2) is 12.1 Å². The molecule has 2 rings (SSSR count). The van der Waals surface area contributed by atoms with Gasteiger partial charge in [-0.2, -0.15) is 0 Å². The van der Waals surface area contributed by atoms with Crippen LogP contribution >= 0.6 is 0 Å². The van der Waals surface area contributed by atoms with Crippen molar-refractivity contribution in [3.8, 4) is 0 Å². The summed E-state index contributed by atoms with van der Waals surface area (Å²) in [5.74, 6) is -1.01. The van der Waals surface area contributed by atoms with Gasteiger partial charge in [-0.1, -0.05) is 6.07 Å². The summed E-state index contributed by atoms with van der Waals surface area (Å²) < 4.78 is 0. The lowest BCUT2D eigenvalue weighted by molar-refractivity contribution is -0.121. The van der Waals surface area contributed by atoms with E-state index in [2.05, 4.69) is 5.32 Å². The van der Waals surface area contributed by atoms with Crippen LogP contribution in [0.5, 0.6) is 0 Å². The third kappa shape index (κ3) is 2.43. The van der Waals surface area contributed by atoms with Gasteiger partial charge in [0.25, 0.3) is 11.7 Å². The molecule has 0 radical (unpaired) electrons. The summed E-state index contributed by atoms with van der Waals surface area (Å²) in [6.45, 7) is 4.18. The number of aryl methyl sites for hydroxylation is 2. The highest BCUT2D eigenvalue weighted by atomic mass is 16.2. The van der Waals surface area contributed by atoms with Crippen molar-refractivity contribution in [2.75, 3.05) is 18.5 Å². The zero-order chi connectivity index (χ0) is 14.9. The lowest BCUT2D eigenvalue weighted by Gasteiger charge is -2.18. The normalized spacial score (nSPS) is 13.7. The molecular weight excluding hydrogens is 256 g/mol. The van der Waals surface area contributed by atoms with E-state index in [4.69, 9.17) is 0 Å². The van der Waals surface area contributed by atoms with Gasteiger partial charge in [-0.25, -0.2) is 0 Å². The summed E-state index contributed by atoms with van der Waals surface area (Å²) >= 11 is 0. The van der Waals surface area contributed by atoms with Crippen molar-refractivity contribution in [3.63, 3.8) is 0 Å². The molecule has 1 aliphatic heterocycles. The van der Waals surface area contributed by atoms with Crippen LogP contribution in [-0.2, 0) is 9.59 Å². The van der Waals surface area contributed by atoms with Crippen molar-refractivity contribution in [3.05, 3.63) is 28.8 Å². The van der Waals surface area contributed by atoms with E-state index in [0.29, 0.717) is 30.6 Å². The van der Waals surface area contributed by atoms with E-state index < -0.39 is 11.7 Å². The van der Waals surface area contributed by atoms with Gasteiger partial charge >= 0.3 is 0 Å². The van der Waals surface area contributed by atoms with Crippen LogP contribution < -0.4 is 10.2 Å². The number of hydrogen-bond acceptors (Lipinski definition) is 3. The van der Waals surface area contributed by atoms with Crippen LogP contribution in [0, 0.1) is 13.8 Å². The first-order valence-electron chi connectivity index (χ1n) is 6.63. The minimum Gasteiger partial charge on any atom is -0.359 e. The molecule has 1 aromatic carbocycles. The van der Waals surface area contributed by atoms with Gasteiger partial charge in [-0.3, -0.25) is 14.4 Å². The van der Waals surface area contributed by atoms with Crippen molar-refractivity contribution >= 4 is 23.3 Å². The summed E-state index contributed by atoms with van der Waals surface area (Å²) in [6.07, 6.45) is 0.875. The predicted octanol–water partition coefficient (Wildman–Crippen LogP) is 1.36. The van der Waals surface area contributed by atoms with Gasteiger partial charge in [-0.05, 0) is 37.5 Å². The fourth-order valence-electron chi connectivity index (χ4n) is 2.57. The van der Waals surface area contributed by atoms with Gasteiger partial charge < -0.3 is 10.2 Å². The van der Waals surface area contributed by atoms with E-state index in [1.807, 2.05) is 19.9 Å². The summed E-state index contributed by atoms with van der Waals surface area (Å²) in [5.41, 5.74) is 3.06. The molecule has 1 N–H and O–H groups in total. The second-order valence-corrected chi connectivity index (χ2v) is 5.04. The van der Waals surface area contributed by atoms with Crippen molar-refractivity contribution < 1.29 is 14.4 Å². The third-order valence-corrected chi connectivity index (χ3v) is 3.46. The second kappa shape index (κ2) is 5.45. The Kier molecular flexibility index (Phi) is 3.88. The number of ketones is 1. The van der Waals surface area contributed by atoms with E-state index in [0.717, 1.165) is 11.1 Å². The zero-order valence-corrected chi connectivity index (χ0v) is 11.9. The molecule has 1 aliphatic rings. The topological polar surface area (TPSA) is 66.5 Å². The largest absolute Gasteiger partial charge is 0.359 e. The van der Waals surface area contributed by atoms with Crippen molar-refractivity contribution in [1.82, 2.24) is 5.32 Å². The van der Waals surface area contributed by atoms with Gasteiger partial charge in [-0.15, -0.1) is 0 Å². The van der Waals surface area contributed by atoms with E-state index in [-0.39, 0.29) is 5.91 Å². The summed E-state index contributed by atoms with van der Waals surface area (Å²) in [6, 6.07) is 3.71. The molecule has 0 aliphatic carbocycles. The first kappa shape index (κ1) is 14.2. The zero-order valence-electron chi connectivity index (χ0n) is 11.9. The second-order valence-electron chi connectivity index (χ2n) is 5.04. The van der Waals surface area contributed by atoms with Gasteiger partial charge in [0, 0.05) is 20.0 Å². The standard InChI is InChI=1S/C15H18N2O3/c1-9-7-10(2)13-11(8-9)14(19)15(20)17(13)6-4-5-12(18)16-3/h7-8H,4-6H2,1-3H3,(H,16,18). The fourth-order valence-corrected chi connectivity index (χ4v) is 2.57. The van der Waals surface area contributed by atoms with E-state index in [1.54, 1.807) is 13.1 Å². The number of carbonyl (C=O) groups is 3. The number of benzene rings is 1. The molecule has 5 heteroatoms. The third-order valence-electron chi connectivity index (χ3n) is 3.46. The first-order chi connectivity index (χ1) is 9.45. The average molecular weight is 274 g/mol. The Labute approximate surface area is 118 Å². The first-order valence-corrected chi connectivity index (χ1v) is 6.63. The summed E-state index contributed by atoms with van der Waals surface area (Å²) in [4.78, 5) is 36.7. The van der Waals surface area contributed by atoms with Crippen LogP contribution in [-0.4, -0.2) is 31.2 Å². The number of hydrogen-bond donors (Lipinski definition) is 1. The highest BCUT2D eigenvalue weighted by Crippen LogP contribution is 2.33. The average Bonchev–Trinajstić information content (AvgIpc) is 2.64.